The summed E-state index contributed by atoms with van der Waals surface area (Å²) in [6, 6.07) is 7.94. The second-order valence-electron chi connectivity index (χ2n) is 5.55. The Balaban J connectivity index is 1.85. The number of esters is 1. The highest BCUT2D eigenvalue weighted by molar-refractivity contribution is 5.72. The molecule has 6 heteroatoms. The number of rotatable bonds is 6. The van der Waals surface area contributed by atoms with Gasteiger partial charge in [0.2, 0.25) is 0 Å². The van der Waals surface area contributed by atoms with E-state index >= 15 is 0 Å². The standard InChI is InChI=1S/C16H24N2O4/c1-22-16(21)12-6-8-18(9-7-12)14-4-2-13(3-5-14)17-10-15(20)11-19/h2-5,12,15,17,19-20H,6-11H2,1H3. The Morgan fingerprint density at radius 3 is 2.55 bits per heavy atom. The van der Waals surface area contributed by atoms with Gasteiger partial charge in [0.1, 0.15) is 0 Å². The van der Waals surface area contributed by atoms with Crippen molar-refractivity contribution in [1.82, 2.24) is 0 Å². The molecule has 1 fully saturated rings. The molecule has 1 unspecified atom stereocenters. The van der Waals surface area contributed by atoms with Gasteiger partial charge in [0.15, 0.2) is 0 Å². The number of aliphatic hydroxyl groups is 2. The third kappa shape index (κ3) is 4.35. The lowest BCUT2D eigenvalue weighted by molar-refractivity contribution is -0.146. The molecule has 0 aromatic heterocycles. The molecule has 0 aliphatic carbocycles. The van der Waals surface area contributed by atoms with Crippen LogP contribution in [0.25, 0.3) is 0 Å². The smallest absolute Gasteiger partial charge is 0.308 e. The summed E-state index contributed by atoms with van der Waals surface area (Å²) in [6.07, 6.45) is 0.877. The fraction of sp³-hybridized carbons (Fsp3) is 0.562. The van der Waals surface area contributed by atoms with Crippen molar-refractivity contribution in [2.45, 2.75) is 18.9 Å². The molecule has 1 aliphatic rings. The molecule has 0 bridgehead atoms. The van der Waals surface area contributed by atoms with Gasteiger partial charge in [-0.1, -0.05) is 0 Å². The number of methoxy groups -OCH3 is 1. The molecule has 1 aromatic carbocycles. The second kappa shape index (κ2) is 8.00. The van der Waals surface area contributed by atoms with Crippen molar-refractivity contribution in [1.29, 1.82) is 0 Å². The van der Waals surface area contributed by atoms with Gasteiger partial charge in [0.25, 0.3) is 0 Å². The van der Waals surface area contributed by atoms with Gasteiger partial charge in [-0.25, -0.2) is 0 Å². The van der Waals surface area contributed by atoms with E-state index in [4.69, 9.17) is 9.84 Å². The van der Waals surface area contributed by atoms with Gasteiger partial charge >= 0.3 is 5.97 Å². The van der Waals surface area contributed by atoms with E-state index in [0.29, 0.717) is 6.54 Å². The Morgan fingerprint density at radius 1 is 1.36 bits per heavy atom. The van der Waals surface area contributed by atoms with Crippen LogP contribution >= 0.6 is 0 Å². The molecule has 6 nitrogen and oxygen atoms in total. The molecule has 0 radical (unpaired) electrons. The number of ether oxygens (including phenoxy) is 1. The van der Waals surface area contributed by atoms with E-state index in [9.17, 15) is 9.90 Å². The Hall–Kier alpha value is -1.79. The highest BCUT2D eigenvalue weighted by atomic mass is 16.5. The molecule has 2 rings (SSSR count). The van der Waals surface area contributed by atoms with Crippen molar-refractivity contribution >= 4 is 17.3 Å². The van der Waals surface area contributed by atoms with E-state index < -0.39 is 6.10 Å². The van der Waals surface area contributed by atoms with Gasteiger partial charge in [-0.15, -0.1) is 0 Å². The summed E-state index contributed by atoms with van der Waals surface area (Å²) in [7, 11) is 1.44. The lowest BCUT2D eigenvalue weighted by Crippen LogP contribution is -2.36. The first-order valence-corrected chi connectivity index (χ1v) is 7.59. The maximum absolute atomic E-state index is 11.5. The number of anilines is 2. The maximum Gasteiger partial charge on any atom is 0.308 e. The van der Waals surface area contributed by atoms with Crippen molar-refractivity contribution < 1.29 is 19.7 Å². The van der Waals surface area contributed by atoms with Crippen LogP contribution < -0.4 is 10.2 Å². The number of hydrogen-bond donors (Lipinski definition) is 3. The molecular weight excluding hydrogens is 284 g/mol. The molecule has 1 saturated heterocycles. The first-order chi connectivity index (χ1) is 10.6. The Kier molecular flexibility index (Phi) is 6.03. The van der Waals surface area contributed by atoms with E-state index in [2.05, 4.69) is 10.2 Å². The average Bonchev–Trinajstić information content (AvgIpc) is 2.59. The predicted molar refractivity (Wildman–Crippen MR) is 85.0 cm³/mol. The predicted octanol–water partition coefficient (Wildman–Crippen LogP) is 0.841. The largest absolute Gasteiger partial charge is 0.469 e. The van der Waals surface area contributed by atoms with Crippen molar-refractivity contribution in [3.63, 3.8) is 0 Å². The number of benzene rings is 1. The Labute approximate surface area is 130 Å². The molecule has 1 heterocycles. The van der Waals surface area contributed by atoms with Crippen molar-refractivity contribution in [3.8, 4) is 0 Å². The maximum atomic E-state index is 11.5. The first kappa shape index (κ1) is 16.6. The summed E-state index contributed by atoms with van der Waals surface area (Å²) < 4.78 is 4.80. The van der Waals surface area contributed by atoms with Crippen LogP contribution in [-0.4, -0.2) is 55.6 Å². The number of aliphatic hydroxyl groups excluding tert-OH is 2. The number of nitrogens with zero attached hydrogens (tertiary/aromatic N) is 1. The van der Waals surface area contributed by atoms with Gasteiger partial charge < -0.3 is 25.2 Å². The van der Waals surface area contributed by atoms with E-state index in [1.807, 2.05) is 24.3 Å². The molecule has 3 N–H and O–H groups in total. The zero-order chi connectivity index (χ0) is 15.9. The molecule has 1 aromatic rings. The van der Waals surface area contributed by atoms with Crippen LogP contribution in [0.2, 0.25) is 0 Å². The van der Waals surface area contributed by atoms with Crippen molar-refractivity contribution in [2.24, 2.45) is 5.92 Å². The molecule has 0 amide bonds. The van der Waals surface area contributed by atoms with Gasteiger partial charge in [0, 0.05) is 31.0 Å². The number of piperidine rings is 1. The number of carbonyl (C=O) groups is 1. The molecule has 1 aliphatic heterocycles. The van der Waals surface area contributed by atoms with E-state index in [0.717, 1.165) is 37.3 Å². The normalized spacial score (nSPS) is 17.1. The van der Waals surface area contributed by atoms with Crippen LogP contribution in [0.1, 0.15) is 12.8 Å². The zero-order valence-electron chi connectivity index (χ0n) is 12.9. The summed E-state index contributed by atoms with van der Waals surface area (Å²) in [4.78, 5) is 13.8. The first-order valence-electron chi connectivity index (χ1n) is 7.59. The monoisotopic (exact) mass is 308 g/mol. The lowest BCUT2D eigenvalue weighted by Gasteiger charge is -2.32. The average molecular weight is 308 g/mol. The van der Waals surface area contributed by atoms with Gasteiger partial charge in [-0.3, -0.25) is 4.79 Å². The molecule has 22 heavy (non-hydrogen) atoms. The van der Waals surface area contributed by atoms with Crippen LogP contribution in [0.4, 0.5) is 11.4 Å². The fourth-order valence-corrected chi connectivity index (χ4v) is 2.63. The quantitative estimate of drug-likeness (QED) is 0.676. The summed E-state index contributed by atoms with van der Waals surface area (Å²) in [5.74, 6) is -0.0937. The van der Waals surface area contributed by atoms with Crippen LogP contribution in [0.3, 0.4) is 0 Å². The van der Waals surface area contributed by atoms with E-state index in [-0.39, 0.29) is 18.5 Å². The zero-order valence-corrected chi connectivity index (χ0v) is 12.9. The number of nitrogens with one attached hydrogen (secondary N) is 1. The topological polar surface area (TPSA) is 82.0 Å². The summed E-state index contributed by atoms with van der Waals surface area (Å²) in [6.45, 7) is 1.76. The number of hydrogen-bond acceptors (Lipinski definition) is 6. The van der Waals surface area contributed by atoms with Crippen LogP contribution in [-0.2, 0) is 9.53 Å². The van der Waals surface area contributed by atoms with Crippen molar-refractivity contribution in [3.05, 3.63) is 24.3 Å². The second-order valence-corrected chi connectivity index (χ2v) is 5.55. The van der Waals surface area contributed by atoms with E-state index in [1.54, 1.807) is 0 Å². The van der Waals surface area contributed by atoms with E-state index in [1.165, 1.54) is 7.11 Å². The lowest BCUT2D eigenvalue weighted by atomic mass is 9.96. The van der Waals surface area contributed by atoms with Crippen LogP contribution in [0.15, 0.2) is 24.3 Å². The summed E-state index contributed by atoms with van der Waals surface area (Å²) in [5.41, 5.74) is 2.03. The third-order valence-electron chi connectivity index (χ3n) is 4.01. The third-order valence-corrected chi connectivity index (χ3v) is 4.01. The SMILES string of the molecule is COC(=O)C1CCN(c2ccc(NCC(O)CO)cc2)CC1. The minimum absolute atomic E-state index is 0.0159. The minimum Gasteiger partial charge on any atom is -0.469 e. The summed E-state index contributed by atoms with van der Waals surface area (Å²) >= 11 is 0. The Morgan fingerprint density at radius 2 is 2.00 bits per heavy atom. The molecule has 0 saturated carbocycles. The van der Waals surface area contributed by atoms with Gasteiger partial charge in [-0.05, 0) is 37.1 Å². The minimum atomic E-state index is -0.753. The Bertz CT molecular complexity index is 470. The van der Waals surface area contributed by atoms with Gasteiger partial charge in [-0.2, -0.15) is 0 Å². The fourth-order valence-electron chi connectivity index (χ4n) is 2.63. The summed E-state index contributed by atoms with van der Waals surface area (Å²) in [5, 5.41) is 21.2. The highest BCUT2D eigenvalue weighted by Crippen LogP contribution is 2.25. The molecule has 1 atom stereocenters. The molecular formula is C16H24N2O4. The van der Waals surface area contributed by atoms with Crippen LogP contribution in [0.5, 0.6) is 0 Å². The highest BCUT2D eigenvalue weighted by Gasteiger charge is 2.25. The van der Waals surface area contributed by atoms with Gasteiger partial charge in [0.05, 0.1) is 25.7 Å². The number of carbonyl (C=O) groups excluding carboxylic acids is 1. The molecule has 0 spiro atoms. The van der Waals surface area contributed by atoms with Crippen molar-refractivity contribution in [2.75, 3.05) is 43.6 Å². The van der Waals surface area contributed by atoms with Crippen LogP contribution in [0, 0.1) is 5.92 Å². The molecule has 122 valence electrons.